The van der Waals surface area contributed by atoms with Crippen molar-refractivity contribution in [2.24, 2.45) is 10.4 Å². The van der Waals surface area contributed by atoms with Gasteiger partial charge in [0.05, 0.1) is 11.0 Å². The van der Waals surface area contributed by atoms with Gasteiger partial charge in [0, 0.05) is 12.1 Å². The third kappa shape index (κ3) is 1.98. The Morgan fingerprint density at radius 1 is 1.47 bits per heavy atom. The van der Waals surface area contributed by atoms with Crippen molar-refractivity contribution in [3.8, 4) is 0 Å². The molecule has 1 saturated heterocycles. The molecule has 2 fully saturated rings. The van der Waals surface area contributed by atoms with Crippen LogP contribution in [0, 0.1) is 5.41 Å². The van der Waals surface area contributed by atoms with Gasteiger partial charge in [-0.1, -0.05) is 20.8 Å². The van der Waals surface area contributed by atoms with Gasteiger partial charge in [-0.25, -0.2) is 0 Å². The van der Waals surface area contributed by atoms with E-state index in [1.807, 2.05) is 6.92 Å². The van der Waals surface area contributed by atoms with Crippen LogP contribution in [0.1, 0.15) is 40.5 Å². The smallest absolute Gasteiger partial charge is 0.228 e. The molecule has 1 N–H and O–H groups in total. The Morgan fingerprint density at radius 2 is 2.06 bits per heavy atom. The van der Waals surface area contributed by atoms with E-state index in [0.29, 0.717) is 6.54 Å². The van der Waals surface area contributed by atoms with E-state index < -0.39 is 22.6 Å². The van der Waals surface area contributed by atoms with Gasteiger partial charge >= 0.3 is 0 Å². The maximum Gasteiger partial charge on any atom is 0.228 e. The third-order valence-electron chi connectivity index (χ3n) is 3.54. The van der Waals surface area contributed by atoms with Gasteiger partial charge in [-0.15, -0.1) is 0 Å². The van der Waals surface area contributed by atoms with E-state index in [0.717, 1.165) is 12.8 Å². The number of ether oxygens (including phenoxy) is 1. The predicted molar refractivity (Wildman–Crippen MR) is 61.4 cm³/mol. The molecule has 2 rings (SSSR count). The molecule has 0 aromatic rings. The van der Waals surface area contributed by atoms with Crippen LogP contribution >= 0.6 is 0 Å². The number of rotatable bonds is 1. The average Bonchev–Trinajstić information content (AvgIpc) is 2.87. The topological polar surface area (TPSA) is 73.8 Å². The second kappa shape index (κ2) is 3.37. The molecule has 1 unspecified atom stereocenters. The first-order valence-electron chi connectivity index (χ1n) is 5.93. The molecule has 1 atom stereocenters. The lowest BCUT2D eigenvalue weighted by molar-refractivity contribution is -0.261. The first-order chi connectivity index (χ1) is 7.69. The van der Waals surface area contributed by atoms with Crippen LogP contribution in [0.15, 0.2) is 4.99 Å². The second-order valence-corrected chi connectivity index (χ2v) is 6.13. The van der Waals surface area contributed by atoms with Gasteiger partial charge < -0.3 is 15.2 Å². The Morgan fingerprint density at radius 3 is 2.53 bits per heavy atom. The molecule has 1 amide bonds. The summed E-state index contributed by atoms with van der Waals surface area (Å²) in [6.07, 6.45) is 1.03. The van der Waals surface area contributed by atoms with Gasteiger partial charge in [0.2, 0.25) is 5.91 Å². The molecule has 1 heterocycles. The van der Waals surface area contributed by atoms with Gasteiger partial charge in [-0.3, -0.25) is 9.79 Å². The lowest BCUT2D eigenvalue weighted by Crippen LogP contribution is -2.40. The number of hydrogen-bond acceptors (Lipinski definition) is 4. The molecule has 0 aromatic heterocycles. The van der Waals surface area contributed by atoms with Crippen LogP contribution in [0.25, 0.3) is 0 Å². The largest absolute Gasteiger partial charge is 0.595 e. The van der Waals surface area contributed by atoms with Crippen LogP contribution < -0.4 is 10.4 Å². The minimum absolute atomic E-state index is 0.0207. The molecule has 2 aliphatic rings. The zero-order valence-corrected chi connectivity index (χ0v) is 10.8. The Bertz CT molecular complexity index is 380. The maximum atomic E-state index is 11.7. The second-order valence-electron chi connectivity index (χ2n) is 6.13. The SMILES string of the molecule is CC(C)(C)OC([O-])=NC1(C)CNC(=O)C12CC2. The van der Waals surface area contributed by atoms with Gasteiger partial charge in [0.15, 0.2) is 0 Å². The van der Waals surface area contributed by atoms with E-state index in [1.165, 1.54) is 0 Å². The van der Waals surface area contributed by atoms with E-state index >= 15 is 0 Å². The highest BCUT2D eigenvalue weighted by molar-refractivity contribution is 5.90. The summed E-state index contributed by atoms with van der Waals surface area (Å²) in [5, 5.41) is 14.5. The first kappa shape index (κ1) is 12.2. The number of nitrogens with one attached hydrogen (secondary N) is 1. The zero-order valence-electron chi connectivity index (χ0n) is 10.8. The van der Waals surface area contributed by atoms with Crippen molar-refractivity contribution in [3.63, 3.8) is 0 Å². The van der Waals surface area contributed by atoms with Crippen molar-refractivity contribution in [2.75, 3.05) is 6.54 Å². The van der Waals surface area contributed by atoms with Crippen LogP contribution in [-0.2, 0) is 9.53 Å². The highest BCUT2D eigenvalue weighted by Crippen LogP contribution is 2.58. The number of aliphatic imine (C=N–C) groups is 1. The van der Waals surface area contributed by atoms with Crippen LogP contribution in [0.5, 0.6) is 0 Å². The summed E-state index contributed by atoms with van der Waals surface area (Å²) in [7, 11) is 0. The predicted octanol–water partition coefficient (Wildman–Crippen LogP) is 0.186. The Kier molecular flexibility index (Phi) is 2.42. The van der Waals surface area contributed by atoms with Crippen molar-refractivity contribution in [1.29, 1.82) is 0 Å². The van der Waals surface area contributed by atoms with Crippen molar-refractivity contribution >= 4 is 12.0 Å². The summed E-state index contributed by atoms with van der Waals surface area (Å²) >= 11 is 0. The van der Waals surface area contributed by atoms with E-state index in [1.54, 1.807) is 20.8 Å². The summed E-state index contributed by atoms with van der Waals surface area (Å²) in [6.45, 7) is 7.67. The summed E-state index contributed by atoms with van der Waals surface area (Å²) < 4.78 is 5.18. The molecule has 5 nitrogen and oxygen atoms in total. The lowest BCUT2D eigenvalue weighted by atomic mass is 9.86. The normalized spacial score (nSPS) is 31.5. The van der Waals surface area contributed by atoms with Gasteiger partial charge in [0.25, 0.3) is 0 Å². The summed E-state index contributed by atoms with van der Waals surface area (Å²) in [5.74, 6) is 0.0207. The number of hydrogen-bond donors (Lipinski definition) is 1. The monoisotopic (exact) mass is 239 g/mol. The van der Waals surface area contributed by atoms with Crippen LogP contribution in [-0.4, -0.2) is 29.7 Å². The van der Waals surface area contributed by atoms with Crippen LogP contribution in [0.4, 0.5) is 0 Å². The maximum absolute atomic E-state index is 11.7. The quantitative estimate of drug-likeness (QED) is 0.524. The van der Waals surface area contributed by atoms with Crippen molar-refractivity contribution in [3.05, 3.63) is 0 Å². The van der Waals surface area contributed by atoms with Crippen molar-refractivity contribution < 1.29 is 14.6 Å². The lowest BCUT2D eigenvalue weighted by Gasteiger charge is -2.33. The molecule has 5 heteroatoms. The fourth-order valence-corrected chi connectivity index (χ4v) is 2.36. The Hall–Kier alpha value is -1.26. The Balaban J connectivity index is 2.18. The molecule has 1 spiro atoms. The fourth-order valence-electron chi connectivity index (χ4n) is 2.36. The number of carbonyl (C=O) groups excluding carboxylic acids is 1. The first-order valence-corrected chi connectivity index (χ1v) is 5.93. The Labute approximate surface area is 101 Å². The fraction of sp³-hybridized carbons (Fsp3) is 0.833. The van der Waals surface area contributed by atoms with Crippen LogP contribution in [0.2, 0.25) is 0 Å². The molecule has 1 saturated carbocycles. The van der Waals surface area contributed by atoms with Crippen molar-refractivity contribution in [1.82, 2.24) is 5.32 Å². The van der Waals surface area contributed by atoms with Gasteiger partial charge in [-0.2, -0.15) is 0 Å². The average molecular weight is 239 g/mol. The molecule has 0 radical (unpaired) electrons. The van der Waals surface area contributed by atoms with E-state index in [2.05, 4.69) is 10.3 Å². The third-order valence-corrected chi connectivity index (χ3v) is 3.54. The summed E-state index contributed by atoms with van der Waals surface area (Å²) in [5.41, 5.74) is -1.65. The van der Waals surface area contributed by atoms with E-state index in [-0.39, 0.29) is 5.91 Å². The van der Waals surface area contributed by atoms with Gasteiger partial charge in [-0.05, 0) is 19.8 Å². The van der Waals surface area contributed by atoms with Crippen molar-refractivity contribution in [2.45, 2.75) is 51.7 Å². The molecule has 1 aliphatic carbocycles. The summed E-state index contributed by atoms with van der Waals surface area (Å²) in [4.78, 5) is 15.8. The molecule has 96 valence electrons. The highest BCUT2D eigenvalue weighted by atomic mass is 16.6. The number of amides is 1. The van der Waals surface area contributed by atoms with Gasteiger partial charge in [0.1, 0.15) is 6.08 Å². The zero-order chi connectivity index (χ0) is 12.9. The summed E-state index contributed by atoms with van der Waals surface area (Å²) in [6, 6.07) is 0. The van der Waals surface area contributed by atoms with E-state index in [4.69, 9.17) is 4.74 Å². The molecule has 1 aliphatic heterocycles. The standard InChI is InChI=1S/C12H20N2O3/c1-10(2,3)17-9(16)14-11(4)7-13-8(15)12(11)5-6-12/h5-7H2,1-4H3,(H,13,15)(H,14,16)/p-1. The minimum atomic E-state index is -0.646. The van der Waals surface area contributed by atoms with E-state index in [9.17, 15) is 9.90 Å². The molecule has 0 aromatic carbocycles. The molecular weight excluding hydrogens is 220 g/mol. The minimum Gasteiger partial charge on any atom is -0.595 e. The highest BCUT2D eigenvalue weighted by Gasteiger charge is 2.66. The molecule has 17 heavy (non-hydrogen) atoms. The van der Waals surface area contributed by atoms with Crippen LogP contribution in [0.3, 0.4) is 0 Å². The molecular formula is C12H19N2O3-. The molecule has 0 bridgehead atoms. The number of carbonyl (C=O) groups is 1. The number of nitrogens with zero attached hydrogens (tertiary/aromatic N) is 1.